The highest BCUT2D eigenvalue weighted by molar-refractivity contribution is 5.82. The van der Waals surface area contributed by atoms with Crippen LogP contribution >= 0.6 is 0 Å². The van der Waals surface area contributed by atoms with E-state index in [9.17, 15) is 14.4 Å². The van der Waals surface area contributed by atoms with Crippen LogP contribution in [0.1, 0.15) is 48.5 Å². The van der Waals surface area contributed by atoms with Gasteiger partial charge in [-0.1, -0.05) is 6.08 Å². The molecule has 0 aromatic carbocycles. The Morgan fingerprint density at radius 1 is 0.963 bits per heavy atom. The summed E-state index contributed by atoms with van der Waals surface area (Å²) < 4.78 is 15.7. The lowest BCUT2D eigenvalue weighted by Gasteiger charge is -2.40. The molecule has 1 unspecified atom stereocenters. The second kappa shape index (κ2) is 9.10. The molecule has 0 bridgehead atoms. The van der Waals surface area contributed by atoms with Gasteiger partial charge in [0.1, 0.15) is 11.2 Å². The van der Waals surface area contributed by atoms with Crippen LogP contribution in [0.4, 0.5) is 9.59 Å². The summed E-state index contributed by atoms with van der Waals surface area (Å²) in [5.74, 6) is -0.504. The SMILES string of the molecule is CCOC(=O)/C=C/C1CN(C(=O)OC(C)(C)C)CCN1C(=O)OC(C)(C)C. The third-order valence-corrected chi connectivity index (χ3v) is 3.44. The summed E-state index contributed by atoms with van der Waals surface area (Å²) in [6, 6.07) is -0.523. The van der Waals surface area contributed by atoms with Gasteiger partial charge < -0.3 is 19.1 Å². The van der Waals surface area contributed by atoms with Crippen molar-refractivity contribution in [3.05, 3.63) is 12.2 Å². The van der Waals surface area contributed by atoms with Crippen LogP contribution in [0.15, 0.2) is 12.2 Å². The number of esters is 1. The fourth-order valence-electron chi connectivity index (χ4n) is 2.39. The van der Waals surface area contributed by atoms with Crippen LogP contribution < -0.4 is 0 Å². The van der Waals surface area contributed by atoms with E-state index in [0.29, 0.717) is 6.54 Å². The summed E-state index contributed by atoms with van der Waals surface area (Å²) in [5, 5.41) is 0. The van der Waals surface area contributed by atoms with Gasteiger partial charge in [0.25, 0.3) is 0 Å². The molecule has 8 nitrogen and oxygen atoms in total. The molecule has 2 amide bonds. The van der Waals surface area contributed by atoms with Gasteiger partial charge in [0.15, 0.2) is 0 Å². The highest BCUT2D eigenvalue weighted by atomic mass is 16.6. The number of piperazine rings is 1. The van der Waals surface area contributed by atoms with Gasteiger partial charge in [-0.05, 0) is 48.5 Å². The second-order valence-electron chi connectivity index (χ2n) is 8.28. The Labute approximate surface area is 161 Å². The first-order valence-corrected chi connectivity index (χ1v) is 9.15. The monoisotopic (exact) mass is 384 g/mol. The van der Waals surface area contributed by atoms with Crippen molar-refractivity contribution in [2.75, 3.05) is 26.2 Å². The first-order valence-electron chi connectivity index (χ1n) is 9.15. The van der Waals surface area contributed by atoms with E-state index in [-0.39, 0.29) is 19.7 Å². The van der Waals surface area contributed by atoms with Crippen LogP contribution in [-0.4, -0.2) is 71.4 Å². The molecule has 1 heterocycles. The van der Waals surface area contributed by atoms with Crippen LogP contribution in [0.5, 0.6) is 0 Å². The second-order valence-corrected chi connectivity index (χ2v) is 8.28. The predicted octanol–water partition coefficient (Wildman–Crippen LogP) is 2.96. The average molecular weight is 384 g/mol. The molecule has 0 aromatic heterocycles. The maximum Gasteiger partial charge on any atom is 0.410 e. The van der Waals surface area contributed by atoms with Crippen molar-refractivity contribution >= 4 is 18.2 Å². The Bertz CT molecular complexity index is 574. The average Bonchev–Trinajstić information content (AvgIpc) is 2.49. The van der Waals surface area contributed by atoms with Gasteiger partial charge in [-0.15, -0.1) is 0 Å². The molecular weight excluding hydrogens is 352 g/mol. The number of hydrogen-bond donors (Lipinski definition) is 0. The smallest absolute Gasteiger partial charge is 0.410 e. The molecule has 27 heavy (non-hydrogen) atoms. The Hall–Kier alpha value is -2.25. The molecule has 154 valence electrons. The lowest BCUT2D eigenvalue weighted by atomic mass is 10.1. The zero-order chi connectivity index (χ0) is 20.8. The first kappa shape index (κ1) is 22.8. The molecule has 0 aliphatic carbocycles. The minimum Gasteiger partial charge on any atom is -0.463 e. The van der Waals surface area contributed by atoms with Gasteiger partial charge in [-0.25, -0.2) is 14.4 Å². The van der Waals surface area contributed by atoms with Gasteiger partial charge in [0.2, 0.25) is 0 Å². The highest BCUT2D eigenvalue weighted by Gasteiger charge is 2.35. The van der Waals surface area contributed by atoms with Crippen molar-refractivity contribution in [3.8, 4) is 0 Å². The molecular formula is C19H32N2O6. The third kappa shape index (κ3) is 8.32. The zero-order valence-corrected chi connectivity index (χ0v) is 17.4. The lowest BCUT2D eigenvalue weighted by molar-refractivity contribution is -0.137. The van der Waals surface area contributed by atoms with Crippen LogP contribution in [-0.2, 0) is 19.0 Å². The van der Waals surface area contributed by atoms with Crippen molar-refractivity contribution in [3.63, 3.8) is 0 Å². The number of carbonyl (C=O) groups excluding carboxylic acids is 3. The van der Waals surface area contributed by atoms with Crippen molar-refractivity contribution in [1.29, 1.82) is 0 Å². The Kier molecular flexibility index (Phi) is 7.68. The minimum atomic E-state index is -0.644. The fraction of sp³-hybridized carbons (Fsp3) is 0.737. The van der Waals surface area contributed by atoms with E-state index in [1.54, 1.807) is 54.5 Å². The fourth-order valence-corrected chi connectivity index (χ4v) is 2.39. The molecule has 0 radical (unpaired) electrons. The van der Waals surface area contributed by atoms with Gasteiger partial charge in [0, 0.05) is 25.7 Å². The Balaban J connectivity index is 2.93. The molecule has 0 spiro atoms. The molecule has 0 N–H and O–H groups in total. The van der Waals surface area contributed by atoms with E-state index in [0.717, 1.165) is 0 Å². The summed E-state index contributed by atoms with van der Waals surface area (Å²) in [6.45, 7) is 13.5. The van der Waals surface area contributed by atoms with E-state index in [2.05, 4.69) is 0 Å². The van der Waals surface area contributed by atoms with Gasteiger partial charge >= 0.3 is 18.2 Å². The largest absolute Gasteiger partial charge is 0.463 e. The van der Waals surface area contributed by atoms with Gasteiger partial charge in [0.05, 0.1) is 12.6 Å². The molecule has 8 heteroatoms. The summed E-state index contributed by atoms with van der Waals surface area (Å²) in [4.78, 5) is 39.5. The summed E-state index contributed by atoms with van der Waals surface area (Å²) in [7, 11) is 0. The van der Waals surface area contributed by atoms with Gasteiger partial charge in [-0.3, -0.25) is 4.90 Å². The summed E-state index contributed by atoms with van der Waals surface area (Å²) in [5.41, 5.74) is -1.26. The minimum absolute atomic E-state index is 0.198. The molecule has 1 fully saturated rings. The van der Waals surface area contributed by atoms with Crippen molar-refractivity contribution in [1.82, 2.24) is 9.80 Å². The molecule has 1 atom stereocenters. The summed E-state index contributed by atoms with van der Waals surface area (Å²) in [6.07, 6.45) is 1.87. The van der Waals surface area contributed by atoms with E-state index in [1.807, 2.05) is 0 Å². The normalized spacial score (nSPS) is 18.4. The number of rotatable bonds is 3. The van der Waals surface area contributed by atoms with E-state index < -0.39 is 35.4 Å². The topological polar surface area (TPSA) is 85.4 Å². The van der Waals surface area contributed by atoms with Crippen LogP contribution in [0.25, 0.3) is 0 Å². The molecule has 1 aliphatic rings. The predicted molar refractivity (Wildman–Crippen MR) is 100 cm³/mol. The third-order valence-electron chi connectivity index (χ3n) is 3.44. The molecule has 1 saturated heterocycles. The van der Waals surface area contributed by atoms with Crippen LogP contribution in [0.3, 0.4) is 0 Å². The van der Waals surface area contributed by atoms with E-state index in [4.69, 9.17) is 14.2 Å². The van der Waals surface area contributed by atoms with E-state index >= 15 is 0 Å². The quantitative estimate of drug-likeness (QED) is 0.422. The number of amides is 2. The lowest BCUT2D eigenvalue weighted by Crippen LogP contribution is -2.57. The first-order chi connectivity index (χ1) is 12.3. The number of carbonyl (C=O) groups is 3. The molecule has 1 rings (SSSR count). The van der Waals surface area contributed by atoms with Gasteiger partial charge in [-0.2, -0.15) is 0 Å². The van der Waals surface area contributed by atoms with Crippen molar-refractivity contribution in [2.24, 2.45) is 0 Å². The Morgan fingerprint density at radius 2 is 1.52 bits per heavy atom. The Morgan fingerprint density at radius 3 is 2.04 bits per heavy atom. The number of hydrogen-bond acceptors (Lipinski definition) is 6. The van der Waals surface area contributed by atoms with E-state index in [1.165, 1.54) is 15.9 Å². The zero-order valence-electron chi connectivity index (χ0n) is 17.4. The maximum absolute atomic E-state index is 12.5. The number of nitrogens with zero attached hydrogens (tertiary/aromatic N) is 2. The molecule has 0 aromatic rings. The van der Waals surface area contributed by atoms with Crippen LogP contribution in [0, 0.1) is 0 Å². The maximum atomic E-state index is 12.5. The molecule has 1 aliphatic heterocycles. The summed E-state index contributed by atoms with van der Waals surface area (Å²) >= 11 is 0. The van der Waals surface area contributed by atoms with Crippen molar-refractivity contribution in [2.45, 2.75) is 65.7 Å². The number of ether oxygens (including phenoxy) is 3. The highest BCUT2D eigenvalue weighted by Crippen LogP contribution is 2.19. The molecule has 0 saturated carbocycles. The standard InChI is InChI=1S/C19H32N2O6/c1-8-25-15(22)10-9-14-13-20(16(23)26-18(2,3)4)11-12-21(14)17(24)27-19(5,6)7/h9-10,14H,8,11-13H2,1-7H3/b10-9+. The van der Waals surface area contributed by atoms with Crippen LogP contribution in [0.2, 0.25) is 0 Å². The van der Waals surface area contributed by atoms with Crippen molar-refractivity contribution < 1.29 is 28.6 Å².